The SMILES string of the molecule is CN(C)C(=O)CNC(=O)COC(=O)c1cc2sc3ccccc3c2s1. The second kappa shape index (κ2) is 7.20. The van der Waals surface area contributed by atoms with E-state index in [9.17, 15) is 14.4 Å². The zero-order valence-electron chi connectivity index (χ0n) is 13.7. The van der Waals surface area contributed by atoms with E-state index in [0.29, 0.717) is 4.88 Å². The fraction of sp³-hybridized carbons (Fsp3) is 0.235. The van der Waals surface area contributed by atoms with Crippen LogP contribution < -0.4 is 5.32 Å². The van der Waals surface area contributed by atoms with Gasteiger partial charge >= 0.3 is 5.97 Å². The molecule has 0 fully saturated rings. The number of carbonyl (C=O) groups excluding carboxylic acids is 3. The van der Waals surface area contributed by atoms with Gasteiger partial charge in [0, 0.05) is 28.9 Å². The smallest absolute Gasteiger partial charge is 0.348 e. The van der Waals surface area contributed by atoms with Gasteiger partial charge in [0.25, 0.3) is 5.91 Å². The lowest BCUT2D eigenvalue weighted by molar-refractivity contribution is -0.131. The van der Waals surface area contributed by atoms with E-state index in [2.05, 4.69) is 5.32 Å². The highest BCUT2D eigenvalue weighted by Gasteiger charge is 2.17. The molecule has 0 aliphatic carbocycles. The van der Waals surface area contributed by atoms with E-state index in [1.807, 2.05) is 24.3 Å². The highest BCUT2D eigenvalue weighted by atomic mass is 32.1. The van der Waals surface area contributed by atoms with E-state index in [-0.39, 0.29) is 12.5 Å². The zero-order chi connectivity index (χ0) is 18.0. The minimum absolute atomic E-state index is 0.121. The lowest BCUT2D eigenvalue weighted by Gasteiger charge is -2.10. The maximum Gasteiger partial charge on any atom is 0.348 e. The number of hydrogen-bond acceptors (Lipinski definition) is 6. The number of nitrogens with one attached hydrogen (secondary N) is 1. The first-order valence-corrected chi connectivity index (χ1v) is 9.14. The number of hydrogen-bond donors (Lipinski definition) is 1. The summed E-state index contributed by atoms with van der Waals surface area (Å²) in [7, 11) is 3.20. The normalized spacial score (nSPS) is 10.8. The lowest BCUT2D eigenvalue weighted by atomic mass is 10.2. The predicted octanol–water partition coefficient (Wildman–Crippen LogP) is 2.48. The molecular formula is C17H16N2O4S2. The molecule has 0 saturated heterocycles. The van der Waals surface area contributed by atoms with Crippen LogP contribution in [-0.2, 0) is 14.3 Å². The van der Waals surface area contributed by atoms with Crippen molar-refractivity contribution in [2.45, 2.75) is 0 Å². The summed E-state index contributed by atoms with van der Waals surface area (Å²) < 4.78 is 8.28. The average Bonchev–Trinajstić information content (AvgIpc) is 3.15. The van der Waals surface area contributed by atoms with Gasteiger partial charge in [0.1, 0.15) is 4.88 Å². The molecule has 3 rings (SSSR count). The van der Waals surface area contributed by atoms with Crippen LogP contribution >= 0.6 is 22.7 Å². The van der Waals surface area contributed by atoms with Crippen molar-refractivity contribution in [3.05, 3.63) is 35.2 Å². The Labute approximate surface area is 152 Å². The van der Waals surface area contributed by atoms with Gasteiger partial charge in [-0.1, -0.05) is 18.2 Å². The lowest BCUT2D eigenvalue weighted by Crippen LogP contribution is -2.38. The molecule has 130 valence electrons. The highest BCUT2D eigenvalue weighted by Crippen LogP contribution is 2.39. The number of benzene rings is 1. The third-order valence-electron chi connectivity index (χ3n) is 3.52. The molecule has 0 aliphatic rings. The Hall–Kier alpha value is -2.45. The summed E-state index contributed by atoms with van der Waals surface area (Å²) in [5, 5.41) is 3.53. The van der Waals surface area contributed by atoms with E-state index < -0.39 is 18.5 Å². The fourth-order valence-electron chi connectivity index (χ4n) is 2.19. The Kier molecular flexibility index (Phi) is 5.00. The van der Waals surface area contributed by atoms with E-state index in [4.69, 9.17) is 4.74 Å². The molecule has 0 radical (unpaired) electrons. The van der Waals surface area contributed by atoms with Gasteiger partial charge in [0.2, 0.25) is 5.91 Å². The Morgan fingerprint density at radius 1 is 1.12 bits per heavy atom. The van der Waals surface area contributed by atoms with E-state index in [0.717, 1.165) is 14.8 Å². The molecule has 3 aromatic rings. The third-order valence-corrected chi connectivity index (χ3v) is 5.92. The molecule has 2 amide bonds. The summed E-state index contributed by atoms with van der Waals surface area (Å²) in [6, 6.07) is 9.81. The topological polar surface area (TPSA) is 75.7 Å². The Bertz CT molecular complexity index is 958. The zero-order valence-corrected chi connectivity index (χ0v) is 15.3. The van der Waals surface area contributed by atoms with Gasteiger partial charge < -0.3 is 15.0 Å². The van der Waals surface area contributed by atoms with Crippen molar-refractivity contribution in [1.29, 1.82) is 0 Å². The quantitative estimate of drug-likeness (QED) is 0.694. The van der Waals surface area contributed by atoms with Gasteiger partial charge in [-0.25, -0.2) is 4.79 Å². The molecule has 0 unspecified atom stereocenters. The van der Waals surface area contributed by atoms with Crippen LogP contribution in [0.25, 0.3) is 19.5 Å². The van der Waals surface area contributed by atoms with E-state index >= 15 is 0 Å². The Balaban J connectivity index is 1.61. The van der Waals surface area contributed by atoms with Gasteiger partial charge in [-0.05, 0) is 12.1 Å². The molecule has 2 aromatic heterocycles. The molecule has 0 spiro atoms. The molecule has 2 heterocycles. The Morgan fingerprint density at radius 3 is 2.64 bits per heavy atom. The van der Waals surface area contributed by atoms with Gasteiger partial charge in [-0.15, -0.1) is 22.7 Å². The minimum Gasteiger partial charge on any atom is -0.451 e. The summed E-state index contributed by atoms with van der Waals surface area (Å²) in [6.07, 6.45) is 0. The van der Waals surface area contributed by atoms with Crippen molar-refractivity contribution >= 4 is 59.9 Å². The molecule has 0 atom stereocenters. The number of nitrogens with zero attached hydrogens (tertiary/aromatic N) is 1. The number of thiophene rings is 2. The highest BCUT2D eigenvalue weighted by molar-refractivity contribution is 7.33. The van der Waals surface area contributed by atoms with Crippen LogP contribution in [0.1, 0.15) is 9.67 Å². The number of rotatable bonds is 5. The first-order chi connectivity index (χ1) is 12.0. The average molecular weight is 376 g/mol. The molecule has 6 nitrogen and oxygen atoms in total. The second-order valence-corrected chi connectivity index (χ2v) is 7.68. The van der Waals surface area contributed by atoms with E-state index in [1.54, 1.807) is 31.5 Å². The molecule has 1 N–H and O–H groups in total. The summed E-state index contributed by atoms with van der Waals surface area (Å²) in [6.45, 7) is -0.532. The number of carbonyl (C=O) groups is 3. The maximum atomic E-state index is 12.1. The molecule has 8 heteroatoms. The monoisotopic (exact) mass is 376 g/mol. The van der Waals surface area contributed by atoms with Crippen LogP contribution in [0.5, 0.6) is 0 Å². The maximum absolute atomic E-state index is 12.1. The summed E-state index contributed by atoms with van der Waals surface area (Å²) in [5.74, 6) is -1.27. The molecule has 1 aromatic carbocycles. The van der Waals surface area contributed by atoms with Crippen LogP contribution in [0, 0.1) is 0 Å². The van der Waals surface area contributed by atoms with Crippen molar-refractivity contribution < 1.29 is 19.1 Å². The van der Waals surface area contributed by atoms with Gasteiger partial charge in [0.15, 0.2) is 6.61 Å². The van der Waals surface area contributed by atoms with Crippen molar-refractivity contribution in [2.24, 2.45) is 0 Å². The first kappa shape index (κ1) is 17.4. The Morgan fingerprint density at radius 2 is 1.88 bits per heavy atom. The number of likely N-dealkylation sites (N-methyl/N-ethyl adjacent to an activating group) is 1. The van der Waals surface area contributed by atoms with Gasteiger partial charge in [-0.3, -0.25) is 9.59 Å². The molecular weight excluding hydrogens is 360 g/mol. The van der Waals surface area contributed by atoms with Crippen molar-refractivity contribution in [2.75, 3.05) is 27.2 Å². The summed E-state index contributed by atoms with van der Waals surface area (Å²) in [4.78, 5) is 37.0. The van der Waals surface area contributed by atoms with Crippen LogP contribution in [0.4, 0.5) is 0 Å². The number of amides is 2. The van der Waals surface area contributed by atoms with Crippen molar-refractivity contribution in [3.8, 4) is 0 Å². The number of fused-ring (bicyclic) bond motifs is 3. The third kappa shape index (κ3) is 3.80. The standard InChI is InChI=1S/C17H16N2O4S2/c1-19(2)15(21)8-18-14(20)9-23-17(22)13-7-12-16(25-13)10-5-3-4-6-11(10)24-12/h3-7H,8-9H2,1-2H3,(H,18,20). The van der Waals surface area contributed by atoms with Gasteiger partial charge in [-0.2, -0.15) is 0 Å². The second-order valence-electron chi connectivity index (χ2n) is 5.54. The van der Waals surface area contributed by atoms with E-state index in [1.165, 1.54) is 20.9 Å². The first-order valence-electron chi connectivity index (χ1n) is 7.51. The number of ether oxygens (including phenoxy) is 1. The minimum atomic E-state index is -0.536. The van der Waals surface area contributed by atoms with Crippen LogP contribution in [0.15, 0.2) is 30.3 Å². The van der Waals surface area contributed by atoms with Crippen LogP contribution in [-0.4, -0.2) is 49.9 Å². The van der Waals surface area contributed by atoms with Crippen LogP contribution in [0.3, 0.4) is 0 Å². The fourth-order valence-corrected chi connectivity index (χ4v) is 4.60. The van der Waals surface area contributed by atoms with Crippen molar-refractivity contribution in [1.82, 2.24) is 10.2 Å². The summed E-state index contributed by atoms with van der Waals surface area (Å²) >= 11 is 2.98. The summed E-state index contributed by atoms with van der Waals surface area (Å²) in [5.41, 5.74) is 0. The van der Waals surface area contributed by atoms with Crippen LogP contribution in [0.2, 0.25) is 0 Å². The molecule has 0 bridgehead atoms. The molecule has 0 saturated carbocycles. The molecule has 0 aliphatic heterocycles. The largest absolute Gasteiger partial charge is 0.451 e. The molecule has 25 heavy (non-hydrogen) atoms. The predicted molar refractivity (Wildman–Crippen MR) is 99.2 cm³/mol. The number of esters is 1. The van der Waals surface area contributed by atoms with Gasteiger partial charge in [0.05, 0.1) is 11.2 Å². The van der Waals surface area contributed by atoms with Crippen molar-refractivity contribution in [3.63, 3.8) is 0 Å².